The molecule has 0 amide bonds. The number of fused-ring (bicyclic) bond motifs is 1. The zero-order valence-corrected chi connectivity index (χ0v) is 8.67. The van der Waals surface area contributed by atoms with Crippen LogP contribution in [0.3, 0.4) is 0 Å². The zero-order valence-electron chi connectivity index (χ0n) is 7.92. The van der Waals surface area contributed by atoms with E-state index in [0.29, 0.717) is 13.2 Å². The lowest BCUT2D eigenvalue weighted by Crippen LogP contribution is -1.88. The Labute approximate surface area is 87.4 Å². The summed E-state index contributed by atoms with van der Waals surface area (Å²) in [4.78, 5) is 0. The molecule has 0 bridgehead atoms. The van der Waals surface area contributed by atoms with Gasteiger partial charge in [-0.3, -0.25) is 0 Å². The molecule has 0 aliphatic rings. The molecule has 0 saturated heterocycles. The van der Waals surface area contributed by atoms with Crippen molar-refractivity contribution in [1.29, 1.82) is 0 Å². The topological polar surface area (TPSA) is 22.4 Å². The lowest BCUT2D eigenvalue weighted by Gasteiger charge is -1.94. The van der Waals surface area contributed by atoms with E-state index >= 15 is 0 Å². The Morgan fingerprint density at radius 1 is 1.36 bits per heavy atom. The number of ether oxygens (including phenoxy) is 1. The number of rotatable bonds is 3. The highest BCUT2D eigenvalue weighted by atomic mass is 35.5. The third-order valence-electron chi connectivity index (χ3n) is 1.98. The first-order valence-electron chi connectivity index (χ1n) is 4.55. The maximum Gasteiger partial charge on any atom is 0.134 e. The van der Waals surface area contributed by atoms with Gasteiger partial charge in [-0.2, -0.15) is 0 Å². The molecule has 0 unspecified atom stereocenters. The number of furan rings is 1. The molecular weight excluding hydrogens is 200 g/mol. The van der Waals surface area contributed by atoms with Gasteiger partial charge in [0, 0.05) is 17.0 Å². The van der Waals surface area contributed by atoms with E-state index < -0.39 is 0 Å². The molecular formula is C11H11ClO2. The van der Waals surface area contributed by atoms with Crippen molar-refractivity contribution < 1.29 is 9.15 Å². The highest BCUT2D eigenvalue weighted by Crippen LogP contribution is 2.23. The van der Waals surface area contributed by atoms with Crippen molar-refractivity contribution >= 4 is 22.6 Å². The number of hydrogen-bond donors (Lipinski definition) is 0. The standard InChI is InChI=1S/C11H11ClO2/c1-2-13-7-10-6-8-5-9(12)3-4-11(8)14-10/h3-6H,2,7H2,1H3. The molecule has 0 atom stereocenters. The fraction of sp³-hybridized carbons (Fsp3) is 0.273. The first-order chi connectivity index (χ1) is 6.79. The van der Waals surface area contributed by atoms with Crippen LogP contribution in [0.2, 0.25) is 5.02 Å². The minimum absolute atomic E-state index is 0.517. The summed E-state index contributed by atoms with van der Waals surface area (Å²) in [6.45, 7) is 3.17. The third-order valence-corrected chi connectivity index (χ3v) is 2.21. The van der Waals surface area contributed by atoms with Crippen LogP contribution in [-0.2, 0) is 11.3 Å². The lowest BCUT2D eigenvalue weighted by atomic mass is 10.2. The van der Waals surface area contributed by atoms with Crippen molar-refractivity contribution in [3.05, 3.63) is 35.0 Å². The van der Waals surface area contributed by atoms with Crippen LogP contribution in [0.25, 0.3) is 11.0 Å². The summed E-state index contributed by atoms with van der Waals surface area (Å²) < 4.78 is 10.8. The fourth-order valence-electron chi connectivity index (χ4n) is 1.34. The Hall–Kier alpha value is -0.990. The second kappa shape index (κ2) is 4.03. The van der Waals surface area contributed by atoms with Gasteiger partial charge in [0.25, 0.3) is 0 Å². The molecule has 14 heavy (non-hydrogen) atoms. The van der Waals surface area contributed by atoms with E-state index in [1.165, 1.54) is 0 Å². The summed E-state index contributed by atoms with van der Waals surface area (Å²) in [5.74, 6) is 0.837. The van der Waals surface area contributed by atoms with Gasteiger partial charge >= 0.3 is 0 Å². The van der Waals surface area contributed by atoms with Gasteiger partial charge < -0.3 is 9.15 Å². The van der Waals surface area contributed by atoms with Gasteiger partial charge in [-0.25, -0.2) is 0 Å². The van der Waals surface area contributed by atoms with Crippen LogP contribution in [0, 0.1) is 0 Å². The maximum atomic E-state index is 5.86. The highest BCUT2D eigenvalue weighted by Gasteiger charge is 2.03. The van der Waals surface area contributed by atoms with Crippen LogP contribution in [0.4, 0.5) is 0 Å². The van der Waals surface area contributed by atoms with E-state index in [-0.39, 0.29) is 0 Å². The van der Waals surface area contributed by atoms with Crippen LogP contribution in [0.15, 0.2) is 28.7 Å². The van der Waals surface area contributed by atoms with Crippen molar-refractivity contribution in [3.63, 3.8) is 0 Å². The van der Waals surface area contributed by atoms with Gasteiger partial charge in [0.05, 0.1) is 0 Å². The molecule has 0 radical (unpaired) electrons. The molecule has 0 saturated carbocycles. The summed E-state index contributed by atoms with van der Waals surface area (Å²) in [5.41, 5.74) is 0.851. The van der Waals surface area contributed by atoms with Gasteiger partial charge in [0.15, 0.2) is 0 Å². The molecule has 2 nitrogen and oxygen atoms in total. The van der Waals surface area contributed by atoms with Crippen LogP contribution in [0.1, 0.15) is 12.7 Å². The van der Waals surface area contributed by atoms with E-state index in [0.717, 1.165) is 21.8 Å². The summed E-state index contributed by atoms with van der Waals surface area (Å²) in [6, 6.07) is 7.53. The van der Waals surface area contributed by atoms with Crippen molar-refractivity contribution in [3.8, 4) is 0 Å². The molecule has 0 N–H and O–H groups in total. The molecule has 3 heteroatoms. The second-order valence-electron chi connectivity index (χ2n) is 3.03. The van der Waals surface area contributed by atoms with Crippen molar-refractivity contribution in [2.24, 2.45) is 0 Å². The molecule has 1 aromatic carbocycles. The van der Waals surface area contributed by atoms with E-state index in [1.807, 2.05) is 31.2 Å². The second-order valence-corrected chi connectivity index (χ2v) is 3.47. The monoisotopic (exact) mass is 210 g/mol. The molecule has 1 aromatic heterocycles. The van der Waals surface area contributed by atoms with Gasteiger partial charge in [-0.1, -0.05) is 11.6 Å². The molecule has 74 valence electrons. The Bertz CT molecular complexity index is 434. The summed E-state index contributed by atoms with van der Waals surface area (Å²) in [6.07, 6.45) is 0. The van der Waals surface area contributed by atoms with E-state index in [2.05, 4.69) is 0 Å². The maximum absolute atomic E-state index is 5.86. The molecule has 2 rings (SSSR count). The zero-order chi connectivity index (χ0) is 9.97. The smallest absolute Gasteiger partial charge is 0.134 e. The first kappa shape index (κ1) is 9.56. The van der Waals surface area contributed by atoms with Crippen LogP contribution < -0.4 is 0 Å². The van der Waals surface area contributed by atoms with Crippen molar-refractivity contribution in [1.82, 2.24) is 0 Å². The Morgan fingerprint density at radius 3 is 3.00 bits per heavy atom. The Morgan fingerprint density at radius 2 is 2.21 bits per heavy atom. The average Bonchev–Trinajstić information content (AvgIpc) is 2.56. The van der Waals surface area contributed by atoms with Crippen molar-refractivity contribution in [2.45, 2.75) is 13.5 Å². The molecule has 1 heterocycles. The third kappa shape index (κ3) is 1.91. The van der Waals surface area contributed by atoms with Gasteiger partial charge in [0.2, 0.25) is 0 Å². The summed E-state index contributed by atoms with van der Waals surface area (Å²) in [5, 5.41) is 1.74. The van der Waals surface area contributed by atoms with E-state index in [4.69, 9.17) is 20.8 Å². The fourth-order valence-corrected chi connectivity index (χ4v) is 1.52. The van der Waals surface area contributed by atoms with Crippen molar-refractivity contribution in [2.75, 3.05) is 6.61 Å². The number of hydrogen-bond acceptors (Lipinski definition) is 2. The highest BCUT2D eigenvalue weighted by molar-refractivity contribution is 6.31. The van der Waals surface area contributed by atoms with Crippen LogP contribution in [0.5, 0.6) is 0 Å². The van der Waals surface area contributed by atoms with Crippen LogP contribution >= 0.6 is 11.6 Å². The number of halogens is 1. The van der Waals surface area contributed by atoms with Gasteiger partial charge in [0.1, 0.15) is 18.0 Å². The Kier molecular flexibility index (Phi) is 2.75. The summed E-state index contributed by atoms with van der Waals surface area (Å²) >= 11 is 5.86. The van der Waals surface area contributed by atoms with E-state index in [9.17, 15) is 0 Å². The quantitative estimate of drug-likeness (QED) is 0.772. The minimum Gasteiger partial charge on any atom is -0.459 e. The van der Waals surface area contributed by atoms with Gasteiger partial charge in [-0.05, 0) is 31.2 Å². The molecule has 2 aromatic rings. The molecule has 0 aliphatic carbocycles. The molecule has 0 fully saturated rings. The lowest BCUT2D eigenvalue weighted by molar-refractivity contribution is 0.119. The van der Waals surface area contributed by atoms with Gasteiger partial charge in [-0.15, -0.1) is 0 Å². The first-order valence-corrected chi connectivity index (χ1v) is 4.93. The average molecular weight is 211 g/mol. The molecule has 0 aliphatic heterocycles. The van der Waals surface area contributed by atoms with E-state index in [1.54, 1.807) is 0 Å². The normalized spacial score (nSPS) is 11.0. The number of benzene rings is 1. The summed E-state index contributed by atoms with van der Waals surface area (Å²) in [7, 11) is 0. The van der Waals surface area contributed by atoms with Crippen LogP contribution in [-0.4, -0.2) is 6.61 Å². The largest absolute Gasteiger partial charge is 0.459 e. The Balaban J connectivity index is 2.32. The predicted octanol–water partition coefficient (Wildman–Crippen LogP) is 3.62. The minimum atomic E-state index is 0.517. The SMILES string of the molecule is CCOCc1cc2cc(Cl)ccc2o1. The molecule has 0 spiro atoms. The predicted molar refractivity (Wildman–Crippen MR) is 56.6 cm³/mol.